The van der Waals surface area contributed by atoms with E-state index in [0.29, 0.717) is 0 Å². The summed E-state index contributed by atoms with van der Waals surface area (Å²) in [6.07, 6.45) is -0.761. The number of hydrogen-bond acceptors (Lipinski definition) is 5. The third kappa shape index (κ3) is 5.70. The fourth-order valence-electron chi connectivity index (χ4n) is 1.36. The minimum atomic E-state index is -0.883. The molecule has 0 aromatic heterocycles. The molecule has 0 spiro atoms. The third-order valence-corrected chi connectivity index (χ3v) is 2.64. The van der Waals surface area contributed by atoms with E-state index >= 15 is 0 Å². The lowest BCUT2D eigenvalue weighted by atomic mass is 9.85. The van der Waals surface area contributed by atoms with Crippen LogP contribution in [0.3, 0.4) is 0 Å². The molecule has 0 amide bonds. The number of nitrogens with two attached hydrogens (primary N) is 1. The minimum Gasteiger partial charge on any atom is -0.457 e. The summed E-state index contributed by atoms with van der Waals surface area (Å²) in [5, 5.41) is 0. The monoisotopic (exact) mass is 273 g/mol. The highest BCUT2D eigenvalue weighted by Gasteiger charge is 2.36. The smallest absolute Gasteiger partial charge is 0.311 e. The summed E-state index contributed by atoms with van der Waals surface area (Å²) in [5.41, 5.74) is 4.69. The van der Waals surface area contributed by atoms with Crippen LogP contribution < -0.4 is 5.73 Å². The number of esters is 1. The lowest BCUT2D eigenvalue weighted by molar-refractivity contribution is -0.164. The van der Waals surface area contributed by atoms with Gasteiger partial charge in [-0.3, -0.25) is 9.59 Å². The normalized spacial score (nSPS) is 15.8. The fraction of sp³-hybridized carbons (Fsp3) is 0.857. The van der Waals surface area contributed by atoms with Crippen molar-refractivity contribution >= 4 is 11.8 Å². The van der Waals surface area contributed by atoms with Crippen LogP contribution in [-0.2, 0) is 19.1 Å². The van der Waals surface area contributed by atoms with Crippen molar-refractivity contribution in [2.75, 3.05) is 13.7 Å². The molecule has 0 radical (unpaired) electrons. The molecule has 0 saturated heterocycles. The zero-order chi connectivity index (χ0) is 15.4. The minimum absolute atomic E-state index is 0.102. The van der Waals surface area contributed by atoms with Crippen molar-refractivity contribution in [2.45, 2.75) is 53.7 Å². The zero-order valence-corrected chi connectivity index (χ0v) is 13.1. The maximum atomic E-state index is 12.1. The summed E-state index contributed by atoms with van der Waals surface area (Å²) in [4.78, 5) is 24.0. The number of carbonyl (C=O) groups is 2. The Balaban J connectivity index is 4.92. The standard InChI is InChI=1S/C14H27NO4/c1-13(2,3)11(16)10(15)9(8-18-7)19-12(17)14(4,5)6/h9-10H,8,15H2,1-7H3. The summed E-state index contributed by atoms with van der Waals surface area (Å²) < 4.78 is 10.3. The van der Waals surface area contributed by atoms with Gasteiger partial charge in [-0.15, -0.1) is 0 Å². The first-order chi connectivity index (χ1) is 8.41. The Morgan fingerprint density at radius 2 is 1.53 bits per heavy atom. The van der Waals surface area contributed by atoms with Crippen LogP contribution in [0.4, 0.5) is 0 Å². The van der Waals surface area contributed by atoms with Crippen molar-refractivity contribution in [1.29, 1.82) is 0 Å². The van der Waals surface area contributed by atoms with Gasteiger partial charge in [-0.1, -0.05) is 20.8 Å². The van der Waals surface area contributed by atoms with E-state index in [2.05, 4.69) is 0 Å². The van der Waals surface area contributed by atoms with Crippen LogP contribution >= 0.6 is 0 Å². The average Bonchev–Trinajstić information content (AvgIpc) is 2.23. The van der Waals surface area contributed by atoms with Crippen molar-refractivity contribution in [3.8, 4) is 0 Å². The Bertz CT molecular complexity index is 325. The van der Waals surface area contributed by atoms with Gasteiger partial charge in [0.1, 0.15) is 12.1 Å². The first kappa shape index (κ1) is 18.1. The number of hydrogen-bond donors (Lipinski definition) is 1. The van der Waals surface area contributed by atoms with Gasteiger partial charge in [0.2, 0.25) is 0 Å². The predicted molar refractivity (Wildman–Crippen MR) is 73.6 cm³/mol. The Kier molecular flexibility index (Phi) is 6.16. The maximum absolute atomic E-state index is 12.1. The second-order valence-electron chi connectivity index (χ2n) is 6.79. The molecule has 0 aromatic carbocycles. The topological polar surface area (TPSA) is 78.6 Å². The molecule has 0 aliphatic carbocycles. The highest BCUT2D eigenvalue weighted by molar-refractivity contribution is 5.89. The first-order valence-electron chi connectivity index (χ1n) is 6.41. The van der Waals surface area contributed by atoms with E-state index in [9.17, 15) is 9.59 Å². The van der Waals surface area contributed by atoms with Crippen LogP contribution in [0.5, 0.6) is 0 Å². The Morgan fingerprint density at radius 3 is 1.84 bits per heavy atom. The molecule has 0 fully saturated rings. The van der Waals surface area contributed by atoms with Crippen molar-refractivity contribution in [2.24, 2.45) is 16.6 Å². The van der Waals surface area contributed by atoms with E-state index in [0.717, 1.165) is 0 Å². The SMILES string of the molecule is COCC(OC(=O)C(C)(C)C)C(N)C(=O)C(C)(C)C. The molecule has 2 unspecified atom stereocenters. The van der Waals surface area contributed by atoms with Crippen molar-refractivity contribution < 1.29 is 19.1 Å². The molecule has 0 aromatic rings. The van der Waals surface area contributed by atoms with E-state index in [1.165, 1.54) is 7.11 Å². The number of rotatable bonds is 5. The fourth-order valence-corrected chi connectivity index (χ4v) is 1.36. The van der Waals surface area contributed by atoms with Gasteiger partial charge in [-0.25, -0.2) is 0 Å². The molecule has 0 aliphatic heterocycles. The van der Waals surface area contributed by atoms with E-state index in [-0.39, 0.29) is 12.4 Å². The van der Waals surface area contributed by atoms with Crippen LogP contribution in [0.25, 0.3) is 0 Å². The summed E-state index contributed by atoms with van der Waals surface area (Å²) >= 11 is 0. The van der Waals surface area contributed by atoms with E-state index in [1.54, 1.807) is 41.5 Å². The molecular formula is C14H27NO4. The molecule has 0 rings (SSSR count). The van der Waals surface area contributed by atoms with Crippen LogP contribution in [0.1, 0.15) is 41.5 Å². The number of Topliss-reactive ketones (excluding diaryl/α,β-unsaturated/α-hetero) is 1. The number of ether oxygens (including phenoxy) is 2. The lowest BCUT2D eigenvalue weighted by Gasteiger charge is -2.29. The molecule has 0 bridgehead atoms. The number of methoxy groups -OCH3 is 1. The van der Waals surface area contributed by atoms with Gasteiger partial charge in [-0.05, 0) is 20.8 Å². The average molecular weight is 273 g/mol. The van der Waals surface area contributed by atoms with Gasteiger partial charge < -0.3 is 15.2 Å². The number of ketones is 1. The molecule has 2 N–H and O–H groups in total. The van der Waals surface area contributed by atoms with E-state index in [1.807, 2.05) is 0 Å². The summed E-state index contributed by atoms with van der Waals surface area (Å²) in [5.74, 6) is -0.553. The molecule has 19 heavy (non-hydrogen) atoms. The molecule has 5 heteroatoms. The molecular weight excluding hydrogens is 246 g/mol. The van der Waals surface area contributed by atoms with Gasteiger partial charge in [0.15, 0.2) is 5.78 Å². The summed E-state index contributed by atoms with van der Waals surface area (Å²) in [6, 6.07) is -0.883. The van der Waals surface area contributed by atoms with Gasteiger partial charge in [0.25, 0.3) is 0 Å². The van der Waals surface area contributed by atoms with Crippen LogP contribution in [-0.4, -0.2) is 37.6 Å². The van der Waals surface area contributed by atoms with Gasteiger partial charge in [0.05, 0.1) is 12.0 Å². The van der Waals surface area contributed by atoms with E-state index in [4.69, 9.17) is 15.2 Å². The highest BCUT2D eigenvalue weighted by Crippen LogP contribution is 2.21. The second-order valence-corrected chi connectivity index (χ2v) is 6.79. The van der Waals surface area contributed by atoms with Crippen molar-refractivity contribution in [1.82, 2.24) is 0 Å². The Morgan fingerprint density at radius 1 is 1.05 bits per heavy atom. The van der Waals surface area contributed by atoms with Gasteiger partial charge >= 0.3 is 5.97 Å². The molecule has 0 heterocycles. The number of carbonyl (C=O) groups excluding carboxylic acids is 2. The largest absolute Gasteiger partial charge is 0.457 e. The Hall–Kier alpha value is -0.940. The summed E-state index contributed by atoms with van der Waals surface area (Å²) in [6.45, 7) is 10.7. The molecule has 2 atom stereocenters. The third-order valence-electron chi connectivity index (χ3n) is 2.64. The predicted octanol–water partition coefficient (Wildman–Crippen LogP) is 1.53. The molecule has 0 aliphatic rings. The highest BCUT2D eigenvalue weighted by atomic mass is 16.6. The van der Waals surface area contributed by atoms with Crippen molar-refractivity contribution in [3.05, 3.63) is 0 Å². The quantitative estimate of drug-likeness (QED) is 0.769. The molecule has 5 nitrogen and oxygen atoms in total. The van der Waals surface area contributed by atoms with Crippen LogP contribution in [0.2, 0.25) is 0 Å². The Labute approximate surface area is 115 Å². The second kappa shape index (κ2) is 6.48. The summed E-state index contributed by atoms with van der Waals surface area (Å²) in [7, 11) is 1.48. The van der Waals surface area contributed by atoms with Gasteiger partial charge in [0, 0.05) is 12.5 Å². The van der Waals surface area contributed by atoms with Crippen LogP contribution in [0, 0.1) is 10.8 Å². The molecule has 112 valence electrons. The lowest BCUT2D eigenvalue weighted by Crippen LogP contribution is -2.51. The maximum Gasteiger partial charge on any atom is 0.311 e. The zero-order valence-electron chi connectivity index (χ0n) is 13.1. The van der Waals surface area contributed by atoms with E-state index < -0.39 is 28.9 Å². The van der Waals surface area contributed by atoms with Gasteiger partial charge in [-0.2, -0.15) is 0 Å². The van der Waals surface area contributed by atoms with Crippen molar-refractivity contribution in [3.63, 3.8) is 0 Å². The first-order valence-corrected chi connectivity index (χ1v) is 6.41. The van der Waals surface area contributed by atoms with Crippen LogP contribution in [0.15, 0.2) is 0 Å². The molecule has 0 saturated carbocycles.